The van der Waals surface area contributed by atoms with Crippen LogP contribution in [0.25, 0.3) is 0 Å². The summed E-state index contributed by atoms with van der Waals surface area (Å²) in [7, 11) is 0. The average molecular weight is 210 g/mol. The van der Waals surface area contributed by atoms with Gasteiger partial charge in [-0.2, -0.15) is 0 Å². The zero-order valence-corrected chi connectivity index (χ0v) is 8.38. The van der Waals surface area contributed by atoms with Gasteiger partial charge in [-0.15, -0.1) is 0 Å². The maximum Gasteiger partial charge on any atom is 0.327 e. The van der Waals surface area contributed by atoms with Crippen LogP contribution in [0.5, 0.6) is 0 Å². The number of aromatic amines is 2. The van der Waals surface area contributed by atoms with Crippen LogP contribution in [0.1, 0.15) is 19.3 Å². The highest BCUT2D eigenvalue weighted by molar-refractivity contribution is 5.61. The fraction of sp³-hybridized carbons (Fsp3) is 0.556. The molecular weight excluding hydrogens is 196 g/mol. The zero-order chi connectivity index (χ0) is 10.8. The van der Waals surface area contributed by atoms with E-state index in [2.05, 4.69) is 9.97 Å². The topological polar surface area (TPSA) is 95.0 Å². The number of anilines is 2. The fourth-order valence-corrected chi connectivity index (χ4v) is 1.93. The molecule has 0 atom stereocenters. The molecule has 1 fully saturated rings. The molecule has 1 aliphatic rings. The Morgan fingerprint density at radius 2 is 1.73 bits per heavy atom. The number of nitrogens with zero attached hydrogens (tertiary/aromatic N) is 1. The molecule has 2 heterocycles. The van der Waals surface area contributed by atoms with E-state index in [1.54, 1.807) is 0 Å². The van der Waals surface area contributed by atoms with Crippen molar-refractivity contribution in [3.63, 3.8) is 0 Å². The van der Waals surface area contributed by atoms with E-state index in [0.717, 1.165) is 25.9 Å². The molecule has 6 heteroatoms. The highest BCUT2D eigenvalue weighted by Crippen LogP contribution is 2.18. The van der Waals surface area contributed by atoms with Crippen molar-refractivity contribution < 1.29 is 0 Å². The van der Waals surface area contributed by atoms with E-state index in [9.17, 15) is 9.59 Å². The quantitative estimate of drug-likeness (QED) is 0.589. The van der Waals surface area contributed by atoms with E-state index in [-0.39, 0.29) is 5.82 Å². The third-order valence-electron chi connectivity index (χ3n) is 2.62. The fourth-order valence-electron chi connectivity index (χ4n) is 1.93. The molecule has 0 aromatic carbocycles. The minimum absolute atomic E-state index is 0.158. The van der Waals surface area contributed by atoms with Crippen molar-refractivity contribution in [2.75, 3.05) is 23.7 Å². The van der Waals surface area contributed by atoms with Gasteiger partial charge < -0.3 is 10.6 Å². The van der Waals surface area contributed by atoms with Crippen LogP contribution in [0, 0.1) is 0 Å². The van der Waals surface area contributed by atoms with Gasteiger partial charge in [0.15, 0.2) is 0 Å². The van der Waals surface area contributed by atoms with Crippen LogP contribution in [0.3, 0.4) is 0 Å². The van der Waals surface area contributed by atoms with Gasteiger partial charge in [0.1, 0.15) is 11.5 Å². The molecule has 0 amide bonds. The maximum atomic E-state index is 11.6. The summed E-state index contributed by atoms with van der Waals surface area (Å²) in [5.74, 6) is 0.158. The highest BCUT2D eigenvalue weighted by Gasteiger charge is 2.17. The molecule has 2 rings (SSSR count). The van der Waals surface area contributed by atoms with Gasteiger partial charge >= 0.3 is 5.69 Å². The van der Waals surface area contributed by atoms with Crippen molar-refractivity contribution in [2.24, 2.45) is 0 Å². The van der Waals surface area contributed by atoms with Crippen LogP contribution in [-0.4, -0.2) is 23.1 Å². The number of nitrogen functional groups attached to an aromatic ring is 1. The second-order valence-corrected chi connectivity index (χ2v) is 3.72. The third kappa shape index (κ3) is 1.88. The van der Waals surface area contributed by atoms with Crippen molar-refractivity contribution in [1.82, 2.24) is 9.97 Å². The van der Waals surface area contributed by atoms with Gasteiger partial charge in [0, 0.05) is 13.1 Å². The lowest BCUT2D eigenvalue weighted by Gasteiger charge is -2.28. The van der Waals surface area contributed by atoms with Crippen molar-refractivity contribution in [2.45, 2.75) is 19.3 Å². The lowest BCUT2D eigenvalue weighted by molar-refractivity contribution is 0.575. The number of piperidine rings is 1. The predicted octanol–water partition coefficient (Wildman–Crippen LogP) is -0.364. The summed E-state index contributed by atoms with van der Waals surface area (Å²) in [6.45, 7) is 1.64. The molecule has 0 bridgehead atoms. The number of aromatic nitrogens is 2. The van der Waals surface area contributed by atoms with Crippen LogP contribution in [0.4, 0.5) is 11.5 Å². The maximum absolute atomic E-state index is 11.6. The minimum Gasteiger partial charge on any atom is -0.383 e. The summed E-state index contributed by atoms with van der Waals surface area (Å²) >= 11 is 0. The zero-order valence-electron chi connectivity index (χ0n) is 8.38. The molecule has 0 unspecified atom stereocenters. The van der Waals surface area contributed by atoms with E-state index in [1.165, 1.54) is 6.42 Å². The first-order valence-electron chi connectivity index (χ1n) is 5.05. The predicted molar refractivity (Wildman–Crippen MR) is 58.2 cm³/mol. The van der Waals surface area contributed by atoms with Crippen molar-refractivity contribution in [1.29, 1.82) is 0 Å². The van der Waals surface area contributed by atoms with Crippen LogP contribution in [-0.2, 0) is 0 Å². The van der Waals surface area contributed by atoms with Crippen LogP contribution in [0.15, 0.2) is 9.59 Å². The lowest BCUT2D eigenvalue weighted by atomic mass is 10.1. The molecule has 4 N–H and O–H groups in total. The molecule has 0 radical (unpaired) electrons. The van der Waals surface area contributed by atoms with Crippen LogP contribution < -0.4 is 21.9 Å². The smallest absolute Gasteiger partial charge is 0.327 e. The van der Waals surface area contributed by atoms with E-state index in [1.807, 2.05) is 4.90 Å². The van der Waals surface area contributed by atoms with Gasteiger partial charge in [-0.05, 0) is 19.3 Å². The largest absolute Gasteiger partial charge is 0.383 e. The number of hydrogen-bond donors (Lipinski definition) is 3. The summed E-state index contributed by atoms with van der Waals surface area (Å²) in [5, 5.41) is 0. The molecule has 0 spiro atoms. The number of rotatable bonds is 1. The molecule has 15 heavy (non-hydrogen) atoms. The first-order chi connectivity index (χ1) is 7.18. The molecule has 1 aromatic heterocycles. The van der Waals surface area contributed by atoms with Crippen molar-refractivity contribution in [3.8, 4) is 0 Å². The molecule has 0 aliphatic carbocycles. The number of nitrogens with one attached hydrogen (secondary N) is 2. The molecular formula is C9H14N4O2. The second-order valence-electron chi connectivity index (χ2n) is 3.72. The Kier molecular flexibility index (Phi) is 2.49. The Morgan fingerprint density at radius 1 is 1.07 bits per heavy atom. The number of H-pyrrole nitrogens is 2. The standard InChI is InChI=1S/C9H14N4O2/c10-7-6(8(14)12-9(15)11-7)13-4-2-1-3-5-13/h1-5H2,(H4,10,11,12,14,15). The Hall–Kier alpha value is -1.72. The summed E-state index contributed by atoms with van der Waals surface area (Å²) in [4.78, 5) is 29.0. The summed E-state index contributed by atoms with van der Waals surface area (Å²) < 4.78 is 0. The van der Waals surface area contributed by atoms with E-state index < -0.39 is 11.2 Å². The van der Waals surface area contributed by atoms with Gasteiger partial charge in [0.25, 0.3) is 5.56 Å². The van der Waals surface area contributed by atoms with Gasteiger partial charge in [-0.3, -0.25) is 14.8 Å². The second kappa shape index (κ2) is 3.80. The average Bonchev–Trinajstić information content (AvgIpc) is 2.17. The summed E-state index contributed by atoms with van der Waals surface area (Å²) in [5.41, 5.74) is 5.07. The van der Waals surface area contributed by atoms with Gasteiger partial charge in [-0.25, -0.2) is 4.79 Å². The Morgan fingerprint density at radius 3 is 2.33 bits per heavy atom. The van der Waals surface area contributed by atoms with Crippen molar-refractivity contribution in [3.05, 3.63) is 20.8 Å². The van der Waals surface area contributed by atoms with E-state index >= 15 is 0 Å². The van der Waals surface area contributed by atoms with Crippen LogP contribution in [0.2, 0.25) is 0 Å². The Balaban J connectivity index is 2.42. The summed E-state index contributed by atoms with van der Waals surface area (Å²) in [6.07, 6.45) is 3.29. The van der Waals surface area contributed by atoms with E-state index in [4.69, 9.17) is 5.73 Å². The highest BCUT2D eigenvalue weighted by atomic mass is 16.2. The third-order valence-corrected chi connectivity index (χ3v) is 2.62. The van der Waals surface area contributed by atoms with Crippen molar-refractivity contribution >= 4 is 11.5 Å². The number of hydrogen-bond acceptors (Lipinski definition) is 4. The van der Waals surface area contributed by atoms with Gasteiger partial charge in [0.05, 0.1) is 0 Å². The normalized spacial score (nSPS) is 16.7. The van der Waals surface area contributed by atoms with Gasteiger partial charge in [-0.1, -0.05) is 0 Å². The summed E-state index contributed by atoms with van der Waals surface area (Å²) in [6, 6.07) is 0. The molecule has 1 saturated heterocycles. The first kappa shape index (κ1) is 9.82. The Labute approximate surface area is 86.1 Å². The minimum atomic E-state index is -0.557. The molecule has 1 aromatic rings. The monoisotopic (exact) mass is 210 g/mol. The Bertz CT molecular complexity index is 456. The van der Waals surface area contributed by atoms with E-state index in [0.29, 0.717) is 5.69 Å². The SMILES string of the molecule is Nc1[nH]c(=O)[nH]c(=O)c1N1CCCCC1. The first-order valence-corrected chi connectivity index (χ1v) is 5.05. The molecule has 0 saturated carbocycles. The van der Waals surface area contributed by atoms with Crippen LogP contribution >= 0.6 is 0 Å². The molecule has 1 aliphatic heterocycles. The lowest BCUT2D eigenvalue weighted by Crippen LogP contribution is -2.37. The van der Waals surface area contributed by atoms with Gasteiger partial charge in [0.2, 0.25) is 0 Å². The molecule has 6 nitrogen and oxygen atoms in total. The number of nitrogens with two attached hydrogens (primary N) is 1. The molecule has 82 valence electrons.